The minimum absolute atomic E-state index is 0.0673. The predicted octanol–water partition coefficient (Wildman–Crippen LogP) is 1.76. The molecule has 0 aliphatic carbocycles. The second-order valence-electron chi connectivity index (χ2n) is 5.13. The molecule has 1 aromatic carbocycles. The number of thioether (sulfide) groups is 1. The zero-order valence-electron chi connectivity index (χ0n) is 14.6. The Morgan fingerprint density at radius 2 is 2.04 bits per heavy atom. The number of carboxylic acid groups (broad SMARTS) is 1. The van der Waals surface area contributed by atoms with Gasteiger partial charge in [0, 0.05) is 5.56 Å². The molecule has 0 atom stereocenters. The van der Waals surface area contributed by atoms with Crippen molar-refractivity contribution in [2.24, 2.45) is 0 Å². The molecule has 1 fully saturated rings. The lowest BCUT2D eigenvalue weighted by molar-refractivity contribution is -0.146. The van der Waals surface area contributed by atoms with E-state index in [2.05, 4.69) is 0 Å². The first-order chi connectivity index (χ1) is 12.9. The maximum atomic E-state index is 12.4. The molecule has 144 valence electrons. The highest BCUT2D eigenvalue weighted by atomic mass is 32.2. The van der Waals surface area contributed by atoms with Crippen molar-refractivity contribution in [3.05, 3.63) is 28.7 Å². The molecular formula is C17H17NO8S. The summed E-state index contributed by atoms with van der Waals surface area (Å²) in [7, 11) is 1.39. The third kappa shape index (κ3) is 5.00. The normalized spacial score (nSPS) is 15.2. The topological polar surface area (TPSA) is 119 Å². The van der Waals surface area contributed by atoms with Crippen LogP contribution in [0.4, 0.5) is 4.79 Å². The summed E-state index contributed by atoms with van der Waals surface area (Å²) >= 11 is 0.661. The van der Waals surface area contributed by atoms with Crippen molar-refractivity contribution >= 4 is 40.9 Å². The fraction of sp³-hybridized carbons (Fsp3) is 0.294. The molecular weight excluding hydrogens is 378 g/mol. The monoisotopic (exact) mass is 395 g/mol. The average Bonchev–Trinajstić information content (AvgIpc) is 2.88. The molecule has 0 aromatic heterocycles. The summed E-state index contributed by atoms with van der Waals surface area (Å²) in [6.45, 7) is 0.675. The van der Waals surface area contributed by atoms with E-state index in [1.165, 1.54) is 13.2 Å². The molecule has 2 amide bonds. The van der Waals surface area contributed by atoms with Crippen molar-refractivity contribution in [2.75, 3.05) is 26.9 Å². The third-order valence-electron chi connectivity index (χ3n) is 3.32. The minimum atomic E-state index is -1.18. The predicted molar refractivity (Wildman–Crippen MR) is 95.4 cm³/mol. The van der Waals surface area contributed by atoms with Crippen molar-refractivity contribution in [1.29, 1.82) is 0 Å². The van der Waals surface area contributed by atoms with Crippen molar-refractivity contribution in [3.8, 4) is 11.5 Å². The van der Waals surface area contributed by atoms with Gasteiger partial charge in [-0.1, -0.05) is 12.1 Å². The van der Waals surface area contributed by atoms with Crippen LogP contribution in [0.2, 0.25) is 0 Å². The van der Waals surface area contributed by atoms with Gasteiger partial charge in [0.15, 0.2) is 18.1 Å². The van der Waals surface area contributed by atoms with Gasteiger partial charge in [-0.3, -0.25) is 19.3 Å². The summed E-state index contributed by atoms with van der Waals surface area (Å²) in [5.74, 6) is -2.12. The number of ether oxygens (including phenoxy) is 3. The number of rotatable bonds is 8. The van der Waals surface area contributed by atoms with E-state index >= 15 is 0 Å². The zero-order chi connectivity index (χ0) is 20.0. The molecule has 0 saturated carbocycles. The second-order valence-corrected chi connectivity index (χ2v) is 6.13. The molecule has 1 heterocycles. The van der Waals surface area contributed by atoms with Crippen LogP contribution in [0.25, 0.3) is 6.08 Å². The summed E-state index contributed by atoms with van der Waals surface area (Å²) in [6.07, 6.45) is 1.38. The van der Waals surface area contributed by atoms with Crippen molar-refractivity contribution in [1.82, 2.24) is 4.90 Å². The Kier molecular flexibility index (Phi) is 6.83. The number of esters is 1. The molecule has 9 nitrogen and oxygen atoms in total. The standard InChI is InChI=1S/C17H17NO8S/c1-3-25-14(21)8-18-16(22)12(27-17(18)23)7-10-5-4-6-11(24-2)15(10)26-9-13(19)20/h4-7H,3,8-9H2,1-2H3,(H,19,20). The third-order valence-corrected chi connectivity index (χ3v) is 4.23. The van der Waals surface area contributed by atoms with Crippen molar-refractivity contribution in [2.45, 2.75) is 6.92 Å². The van der Waals surface area contributed by atoms with Crippen LogP contribution >= 0.6 is 11.8 Å². The van der Waals surface area contributed by atoms with Gasteiger partial charge in [-0.15, -0.1) is 0 Å². The van der Waals surface area contributed by atoms with Gasteiger partial charge < -0.3 is 19.3 Å². The lowest BCUT2D eigenvalue weighted by atomic mass is 10.1. The Morgan fingerprint density at radius 1 is 1.30 bits per heavy atom. The van der Waals surface area contributed by atoms with Gasteiger partial charge in [-0.05, 0) is 30.8 Å². The van der Waals surface area contributed by atoms with Crippen LogP contribution in [-0.2, 0) is 19.1 Å². The minimum Gasteiger partial charge on any atom is -0.493 e. The number of hydrogen-bond donors (Lipinski definition) is 1. The molecule has 1 aliphatic heterocycles. The zero-order valence-corrected chi connectivity index (χ0v) is 15.4. The number of hydrogen-bond acceptors (Lipinski definition) is 8. The van der Waals surface area contributed by atoms with Gasteiger partial charge in [-0.25, -0.2) is 4.79 Å². The maximum Gasteiger partial charge on any atom is 0.341 e. The lowest BCUT2D eigenvalue weighted by Gasteiger charge is -2.12. The SMILES string of the molecule is CCOC(=O)CN1C(=O)SC(=Cc2cccc(OC)c2OCC(=O)O)C1=O. The highest BCUT2D eigenvalue weighted by molar-refractivity contribution is 8.18. The number of para-hydroxylation sites is 1. The summed E-state index contributed by atoms with van der Waals surface area (Å²) in [5.41, 5.74) is 0.359. The van der Waals surface area contributed by atoms with Gasteiger partial charge in [0.1, 0.15) is 6.54 Å². The first-order valence-corrected chi connectivity index (χ1v) is 8.61. The van der Waals surface area contributed by atoms with E-state index in [9.17, 15) is 19.2 Å². The van der Waals surface area contributed by atoms with Crippen molar-refractivity contribution < 1.29 is 38.5 Å². The van der Waals surface area contributed by atoms with Crippen molar-refractivity contribution in [3.63, 3.8) is 0 Å². The smallest absolute Gasteiger partial charge is 0.341 e. The Hall–Kier alpha value is -3.01. The fourth-order valence-corrected chi connectivity index (χ4v) is 3.04. The van der Waals surface area contributed by atoms with Crippen LogP contribution in [0.3, 0.4) is 0 Å². The number of imide groups is 1. The van der Waals surface area contributed by atoms with Crippen LogP contribution in [0.1, 0.15) is 12.5 Å². The lowest BCUT2D eigenvalue weighted by Crippen LogP contribution is -2.34. The number of methoxy groups -OCH3 is 1. The molecule has 1 N–H and O–H groups in total. The van der Waals surface area contributed by atoms with Gasteiger partial charge in [0.05, 0.1) is 18.6 Å². The Bertz CT molecular complexity index is 804. The van der Waals surface area contributed by atoms with E-state index in [-0.39, 0.29) is 23.0 Å². The van der Waals surface area contributed by atoms with Gasteiger partial charge in [0.25, 0.3) is 11.1 Å². The van der Waals surface area contributed by atoms with Gasteiger partial charge in [0.2, 0.25) is 0 Å². The number of nitrogens with zero attached hydrogens (tertiary/aromatic N) is 1. The van der Waals surface area contributed by atoms with Gasteiger partial charge in [-0.2, -0.15) is 0 Å². The molecule has 1 aromatic rings. The number of carbonyl (C=O) groups is 4. The van der Waals surface area contributed by atoms with Crippen LogP contribution < -0.4 is 9.47 Å². The molecule has 27 heavy (non-hydrogen) atoms. The van der Waals surface area contributed by atoms with Gasteiger partial charge >= 0.3 is 11.9 Å². The highest BCUT2D eigenvalue weighted by Crippen LogP contribution is 2.37. The summed E-state index contributed by atoms with van der Waals surface area (Å²) in [4.78, 5) is 47.7. The second kappa shape index (κ2) is 9.08. The molecule has 10 heteroatoms. The number of carboxylic acids is 1. The Labute approximate surface area is 158 Å². The molecule has 2 rings (SSSR count). The van der Waals surface area contributed by atoms with E-state index in [4.69, 9.17) is 19.3 Å². The molecule has 0 unspecified atom stereocenters. The number of benzene rings is 1. The molecule has 0 radical (unpaired) electrons. The van der Waals surface area contributed by atoms with E-state index in [1.807, 2.05) is 0 Å². The number of amides is 2. The summed E-state index contributed by atoms with van der Waals surface area (Å²) < 4.78 is 15.2. The number of aliphatic carboxylic acids is 1. The fourth-order valence-electron chi connectivity index (χ4n) is 2.21. The first-order valence-electron chi connectivity index (χ1n) is 7.80. The van der Waals surface area contributed by atoms with E-state index < -0.39 is 36.2 Å². The Balaban J connectivity index is 2.30. The van der Waals surface area contributed by atoms with Crippen LogP contribution in [0, 0.1) is 0 Å². The molecule has 0 bridgehead atoms. The first kappa shape index (κ1) is 20.3. The van der Waals surface area contributed by atoms with Crippen LogP contribution in [-0.4, -0.2) is 60.0 Å². The highest BCUT2D eigenvalue weighted by Gasteiger charge is 2.36. The number of carbonyl (C=O) groups excluding carboxylic acids is 3. The molecule has 1 aliphatic rings. The van der Waals surface area contributed by atoms with E-state index in [0.717, 1.165) is 4.90 Å². The van der Waals surface area contributed by atoms with E-state index in [1.54, 1.807) is 25.1 Å². The van der Waals surface area contributed by atoms with E-state index in [0.29, 0.717) is 17.3 Å². The summed E-state index contributed by atoms with van der Waals surface area (Å²) in [6, 6.07) is 4.78. The van der Waals surface area contributed by atoms with Crippen LogP contribution in [0.5, 0.6) is 11.5 Å². The average molecular weight is 395 g/mol. The molecule has 0 spiro atoms. The summed E-state index contributed by atoms with van der Waals surface area (Å²) in [5, 5.41) is 8.22. The Morgan fingerprint density at radius 3 is 2.67 bits per heavy atom. The maximum absolute atomic E-state index is 12.4. The molecule has 1 saturated heterocycles. The van der Waals surface area contributed by atoms with Crippen LogP contribution in [0.15, 0.2) is 23.1 Å². The quantitative estimate of drug-likeness (QED) is 0.518. The largest absolute Gasteiger partial charge is 0.493 e.